The summed E-state index contributed by atoms with van der Waals surface area (Å²) in [5.74, 6) is -0.407. The van der Waals surface area contributed by atoms with Gasteiger partial charge in [-0.3, -0.25) is 10.1 Å². The summed E-state index contributed by atoms with van der Waals surface area (Å²) in [4.78, 5) is 16.5. The smallest absolute Gasteiger partial charge is 0.255 e. The average molecular weight is 316 g/mol. The molecule has 0 aliphatic carbocycles. The number of rotatable bonds is 2. The van der Waals surface area contributed by atoms with Gasteiger partial charge in [0.15, 0.2) is 5.13 Å². The summed E-state index contributed by atoms with van der Waals surface area (Å²) in [5.41, 5.74) is 0.798. The van der Waals surface area contributed by atoms with Gasteiger partial charge in [0, 0.05) is 12.0 Å². The summed E-state index contributed by atoms with van der Waals surface area (Å²) in [6.45, 7) is 0.633. The Hall–Kier alpha value is -2.05. The van der Waals surface area contributed by atoms with Gasteiger partial charge in [-0.25, -0.2) is 9.37 Å². The molecule has 1 amide bonds. The Labute approximate surface area is 129 Å². The second kappa shape index (κ2) is 5.30. The SMILES string of the molecule is O=C(Nc1nc2ccc3cc(F)ccc3c2s1)[C@@H]1CCCO1. The maximum absolute atomic E-state index is 13.3. The molecular weight excluding hydrogens is 303 g/mol. The molecular formula is C16H13FN2O2S. The quantitative estimate of drug-likeness (QED) is 0.784. The van der Waals surface area contributed by atoms with Crippen molar-refractivity contribution in [3.63, 3.8) is 0 Å². The van der Waals surface area contributed by atoms with Crippen molar-refractivity contribution in [2.24, 2.45) is 0 Å². The van der Waals surface area contributed by atoms with Gasteiger partial charge >= 0.3 is 0 Å². The lowest BCUT2D eigenvalue weighted by Crippen LogP contribution is -2.26. The van der Waals surface area contributed by atoms with Crippen LogP contribution in [0.2, 0.25) is 0 Å². The lowest BCUT2D eigenvalue weighted by molar-refractivity contribution is -0.124. The molecule has 3 aromatic rings. The molecule has 1 aliphatic rings. The minimum atomic E-state index is -0.377. The fraction of sp³-hybridized carbons (Fsp3) is 0.250. The van der Waals surface area contributed by atoms with Gasteiger partial charge in [-0.15, -0.1) is 0 Å². The summed E-state index contributed by atoms with van der Waals surface area (Å²) in [5, 5.41) is 5.13. The van der Waals surface area contributed by atoms with Crippen molar-refractivity contribution < 1.29 is 13.9 Å². The summed E-state index contributed by atoms with van der Waals surface area (Å²) >= 11 is 1.40. The third-order valence-electron chi connectivity index (χ3n) is 3.78. The number of thiazole rings is 1. The van der Waals surface area contributed by atoms with Crippen molar-refractivity contribution in [1.29, 1.82) is 0 Å². The van der Waals surface area contributed by atoms with Crippen molar-refractivity contribution in [3.05, 3.63) is 36.1 Å². The monoisotopic (exact) mass is 316 g/mol. The fourth-order valence-corrected chi connectivity index (χ4v) is 3.71. The first-order chi connectivity index (χ1) is 10.7. The number of ether oxygens (including phenoxy) is 1. The highest BCUT2D eigenvalue weighted by molar-refractivity contribution is 7.23. The average Bonchev–Trinajstić information content (AvgIpc) is 3.15. The van der Waals surface area contributed by atoms with E-state index in [-0.39, 0.29) is 17.8 Å². The molecule has 1 N–H and O–H groups in total. The molecule has 22 heavy (non-hydrogen) atoms. The first kappa shape index (κ1) is 13.6. The molecule has 1 saturated heterocycles. The number of carbonyl (C=O) groups is 1. The highest BCUT2D eigenvalue weighted by atomic mass is 32.1. The van der Waals surface area contributed by atoms with Gasteiger partial charge in [-0.1, -0.05) is 17.4 Å². The number of hydrogen-bond acceptors (Lipinski definition) is 4. The van der Waals surface area contributed by atoms with Crippen LogP contribution in [-0.4, -0.2) is 23.6 Å². The maximum atomic E-state index is 13.3. The lowest BCUT2D eigenvalue weighted by Gasteiger charge is -2.07. The summed E-state index contributed by atoms with van der Waals surface area (Å²) in [7, 11) is 0. The van der Waals surface area contributed by atoms with Crippen LogP contribution in [0.1, 0.15) is 12.8 Å². The van der Waals surface area contributed by atoms with E-state index in [2.05, 4.69) is 10.3 Å². The Morgan fingerprint density at radius 3 is 3.09 bits per heavy atom. The Balaban J connectivity index is 1.70. The van der Waals surface area contributed by atoms with E-state index in [1.54, 1.807) is 6.07 Å². The number of halogens is 1. The van der Waals surface area contributed by atoms with Crippen molar-refractivity contribution in [3.8, 4) is 0 Å². The molecule has 6 heteroatoms. The van der Waals surface area contributed by atoms with Crippen LogP contribution in [0.25, 0.3) is 21.0 Å². The summed E-state index contributed by atoms with van der Waals surface area (Å²) < 4.78 is 19.6. The molecule has 0 saturated carbocycles. The van der Waals surface area contributed by atoms with E-state index in [9.17, 15) is 9.18 Å². The fourth-order valence-electron chi connectivity index (χ4n) is 2.71. The van der Waals surface area contributed by atoms with Crippen LogP contribution in [0.3, 0.4) is 0 Å². The standard InChI is InChI=1S/C16H13FN2O2S/c17-10-4-5-11-9(8-10)3-6-12-14(11)22-16(18-12)19-15(20)13-2-1-7-21-13/h3-6,8,13H,1-2,7H2,(H,18,19,20)/t13-/m0/s1. The van der Waals surface area contributed by atoms with E-state index >= 15 is 0 Å². The molecule has 112 valence electrons. The molecule has 2 heterocycles. The zero-order valence-corrected chi connectivity index (χ0v) is 12.5. The highest BCUT2D eigenvalue weighted by Gasteiger charge is 2.24. The van der Waals surface area contributed by atoms with Crippen LogP contribution in [0.5, 0.6) is 0 Å². The molecule has 0 unspecified atom stereocenters. The number of aromatic nitrogens is 1. The Bertz CT molecular complexity index is 871. The Morgan fingerprint density at radius 2 is 2.27 bits per heavy atom. The molecule has 1 fully saturated rings. The molecule has 1 aliphatic heterocycles. The first-order valence-corrected chi connectivity index (χ1v) is 7.94. The number of hydrogen-bond donors (Lipinski definition) is 1. The van der Waals surface area contributed by atoms with Crippen LogP contribution in [0.15, 0.2) is 30.3 Å². The largest absolute Gasteiger partial charge is 0.368 e. The molecule has 0 spiro atoms. The van der Waals surface area contributed by atoms with Crippen molar-refractivity contribution in [2.45, 2.75) is 18.9 Å². The van der Waals surface area contributed by atoms with Gasteiger partial charge in [0.1, 0.15) is 11.9 Å². The van der Waals surface area contributed by atoms with Crippen LogP contribution in [0.4, 0.5) is 9.52 Å². The first-order valence-electron chi connectivity index (χ1n) is 7.12. The summed E-state index contributed by atoms with van der Waals surface area (Å²) in [6, 6.07) is 8.36. The van der Waals surface area contributed by atoms with Gasteiger partial charge in [-0.2, -0.15) is 0 Å². The molecule has 1 aromatic heterocycles. The number of benzene rings is 2. The van der Waals surface area contributed by atoms with Crippen molar-refractivity contribution in [1.82, 2.24) is 4.98 Å². The Kier molecular flexibility index (Phi) is 3.28. The summed E-state index contributed by atoms with van der Waals surface area (Å²) in [6.07, 6.45) is 1.28. The Morgan fingerprint density at radius 1 is 1.36 bits per heavy atom. The van der Waals surface area contributed by atoms with E-state index in [4.69, 9.17) is 4.74 Å². The third-order valence-corrected chi connectivity index (χ3v) is 4.80. The van der Waals surface area contributed by atoms with Gasteiger partial charge in [0.05, 0.1) is 10.2 Å². The van der Waals surface area contributed by atoms with E-state index in [0.717, 1.165) is 33.8 Å². The highest BCUT2D eigenvalue weighted by Crippen LogP contribution is 2.33. The molecule has 0 radical (unpaired) electrons. The molecule has 2 aromatic carbocycles. The molecule has 0 bridgehead atoms. The molecule has 4 nitrogen and oxygen atoms in total. The lowest BCUT2D eigenvalue weighted by atomic mass is 10.1. The van der Waals surface area contributed by atoms with Crippen LogP contribution < -0.4 is 5.32 Å². The van der Waals surface area contributed by atoms with Gasteiger partial charge in [-0.05, 0) is 42.5 Å². The number of anilines is 1. The van der Waals surface area contributed by atoms with E-state index in [0.29, 0.717) is 11.7 Å². The van der Waals surface area contributed by atoms with Crippen molar-refractivity contribution >= 4 is 43.4 Å². The number of amides is 1. The molecule has 4 rings (SSSR count). The van der Waals surface area contributed by atoms with E-state index in [1.165, 1.54) is 23.5 Å². The predicted octanol–water partition coefficient (Wildman–Crippen LogP) is 3.71. The second-order valence-electron chi connectivity index (χ2n) is 5.29. The van der Waals surface area contributed by atoms with E-state index < -0.39 is 0 Å². The van der Waals surface area contributed by atoms with Crippen molar-refractivity contribution in [2.75, 3.05) is 11.9 Å². The van der Waals surface area contributed by atoms with Gasteiger partial charge in [0.25, 0.3) is 5.91 Å². The predicted molar refractivity (Wildman–Crippen MR) is 84.7 cm³/mol. The molecule has 1 atom stereocenters. The number of carbonyl (C=O) groups excluding carboxylic acids is 1. The van der Waals surface area contributed by atoms with Crippen LogP contribution >= 0.6 is 11.3 Å². The third kappa shape index (κ3) is 2.34. The zero-order valence-electron chi connectivity index (χ0n) is 11.6. The van der Waals surface area contributed by atoms with Gasteiger partial charge < -0.3 is 4.74 Å². The maximum Gasteiger partial charge on any atom is 0.255 e. The normalized spacial score (nSPS) is 18.1. The van der Waals surface area contributed by atoms with Crippen LogP contribution in [-0.2, 0) is 9.53 Å². The van der Waals surface area contributed by atoms with Crippen LogP contribution in [0, 0.1) is 5.82 Å². The second-order valence-corrected chi connectivity index (χ2v) is 6.29. The minimum absolute atomic E-state index is 0.146. The number of fused-ring (bicyclic) bond motifs is 3. The zero-order chi connectivity index (χ0) is 15.1. The number of nitrogens with zero attached hydrogens (tertiary/aromatic N) is 1. The van der Waals surface area contributed by atoms with E-state index in [1.807, 2.05) is 12.1 Å². The van der Waals surface area contributed by atoms with Gasteiger partial charge in [0.2, 0.25) is 0 Å². The minimum Gasteiger partial charge on any atom is -0.368 e. The topological polar surface area (TPSA) is 51.2 Å². The number of nitrogens with one attached hydrogen (secondary N) is 1.